The molecule has 1 nitrogen and oxygen atoms in total. The van der Waals surface area contributed by atoms with E-state index in [2.05, 4.69) is 15.9 Å². The Labute approximate surface area is 137 Å². The number of ether oxygens (including phenoxy) is 1. The minimum Gasteiger partial charge on any atom is -0.488 e. The lowest BCUT2D eigenvalue weighted by atomic mass is 10.0. The van der Waals surface area contributed by atoms with E-state index in [0.29, 0.717) is 11.1 Å². The van der Waals surface area contributed by atoms with Crippen LogP contribution in [0.4, 0.5) is 4.39 Å². The van der Waals surface area contributed by atoms with Gasteiger partial charge in [-0.05, 0) is 45.3 Å². The van der Waals surface area contributed by atoms with Crippen molar-refractivity contribution in [3.63, 3.8) is 0 Å². The fourth-order valence-electron chi connectivity index (χ4n) is 2.23. The Morgan fingerprint density at radius 1 is 0.864 bits per heavy atom. The Bertz CT molecular complexity index is 771. The minimum absolute atomic E-state index is 0.282. The van der Waals surface area contributed by atoms with Gasteiger partial charge in [0, 0.05) is 5.56 Å². The van der Waals surface area contributed by atoms with Gasteiger partial charge in [0.25, 0.3) is 0 Å². The molecule has 0 atom stereocenters. The van der Waals surface area contributed by atoms with Crippen molar-refractivity contribution in [2.75, 3.05) is 0 Å². The number of halogens is 2. The van der Waals surface area contributed by atoms with Gasteiger partial charge < -0.3 is 4.74 Å². The van der Waals surface area contributed by atoms with Crippen LogP contribution >= 0.6 is 15.9 Å². The molecule has 0 bridgehead atoms. The molecule has 0 aliphatic rings. The van der Waals surface area contributed by atoms with Crippen LogP contribution in [0.2, 0.25) is 0 Å². The van der Waals surface area contributed by atoms with Crippen molar-refractivity contribution in [3.8, 4) is 16.9 Å². The highest BCUT2D eigenvalue weighted by Crippen LogP contribution is 2.32. The third-order valence-electron chi connectivity index (χ3n) is 3.35. The van der Waals surface area contributed by atoms with Crippen LogP contribution in [-0.4, -0.2) is 0 Å². The van der Waals surface area contributed by atoms with Crippen molar-refractivity contribution in [2.45, 2.75) is 6.61 Å². The van der Waals surface area contributed by atoms with Gasteiger partial charge in [0.2, 0.25) is 0 Å². The summed E-state index contributed by atoms with van der Waals surface area (Å²) < 4.78 is 20.1. The van der Waals surface area contributed by atoms with Crippen LogP contribution in [0.5, 0.6) is 5.75 Å². The van der Waals surface area contributed by atoms with Gasteiger partial charge in [0.05, 0.1) is 4.47 Å². The summed E-state index contributed by atoms with van der Waals surface area (Å²) in [6.07, 6.45) is 0. The topological polar surface area (TPSA) is 9.23 Å². The van der Waals surface area contributed by atoms with Gasteiger partial charge in [-0.3, -0.25) is 0 Å². The molecule has 3 aromatic carbocycles. The maximum atomic E-state index is 13.8. The van der Waals surface area contributed by atoms with Gasteiger partial charge in [-0.15, -0.1) is 0 Å². The van der Waals surface area contributed by atoms with Gasteiger partial charge >= 0.3 is 0 Å². The van der Waals surface area contributed by atoms with Gasteiger partial charge in [-0.1, -0.05) is 54.6 Å². The van der Waals surface area contributed by atoms with Gasteiger partial charge in [0.15, 0.2) is 0 Å². The molecule has 0 aliphatic carbocycles. The largest absolute Gasteiger partial charge is 0.488 e. The van der Waals surface area contributed by atoms with Crippen LogP contribution in [0.1, 0.15) is 5.56 Å². The Morgan fingerprint density at radius 2 is 1.59 bits per heavy atom. The molecule has 0 N–H and O–H groups in total. The summed E-state index contributed by atoms with van der Waals surface area (Å²) in [6, 6.07) is 22.7. The van der Waals surface area contributed by atoms with Crippen molar-refractivity contribution < 1.29 is 9.13 Å². The van der Waals surface area contributed by atoms with Crippen LogP contribution < -0.4 is 4.74 Å². The molecule has 0 aliphatic heterocycles. The molecule has 110 valence electrons. The summed E-state index contributed by atoms with van der Waals surface area (Å²) in [5.41, 5.74) is 2.77. The van der Waals surface area contributed by atoms with Crippen molar-refractivity contribution >= 4 is 15.9 Å². The van der Waals surface area contributed by atoms with E-state index in [0.717, 1.165) is 22.4 Å². The Morgan fingerprint density at radius 3 is 2.36 bits per heavy atom. The molecule has 3 heteroatoms. The summed E-state index contributed by atoms with van der Waals surface area (Å²) in [4.78, 5) is 0. The smallest absolute Gasteiger partial charge is 0.137 e. The first-order chi connectivity index (χ1) is 10.7. The highest BCUT2D eigenvalue weighted by atomic mass is 79.9. The normalized spacial score (nSPS) is 10.5. The lowest BCUT2D eigenvalue weighted by molar-refractivity contribution is 0.307. The summed E-state index contributed by atoms with van der Waals surface area (Å²) in [7, 11) is 0. The van der Waals surface area contributed by atoms with Crippen LogP contribution in [-0.2, 0) is 6.61 Å². The summed E-state index contributed by atoms with van der Waals surface area (Å²) >= 11 is 3.18. The first-order valence-electron chi connectivity index (χ1n) is 6.95. The van der Waals surface area contributed by atoms with Crippen molar-refractivity contribution in [1.29, 1.82) is 0 Å². The van der Waals surface area contributed by atoms with E-state index in [1.165, 1.54) is 6.07 Å². The van der Waals surface area contributed by atoms with Crippen LogP contribution in [0.25, 0.3) is 11.1 Å². The predicted molar refractivity (Wildman–Crippen MR) is 90.3 cm³/mol. The monoisotopic (exact) mass is 356 g/mol. The number of hydrogen-bond donors (Lipinski definition) is 0. The molecular formula is C19H14BrFO. The van der Waals surface area contributed by atoms with E-state index >= 15 is 0 Å². The quantitative estimate of drug-likeness (QED) is 0.570. The molecule has 0 unspecified atom stereocenters. The number of benzene rings is 3. The van der Waals surface area contributed by atoms with Crippen molar-refractivity contribution in [2.24, 2.45) is 0 Å². The minimum atomic E-state index is -0.282. The molecule has 0 fully saturated rings. The molecule has 0 radical (unpaired) electrons. The van der Waals surface area contributed by atoms with E-state index in [4.69, 9.17) is 4.74 Å². The third-order valence-corrected chi connectivity index (χ3v) is 4.00. The van der Waals surface area contributed by atoms with E-state index in [9.17, 15) is 4.39 Å². The second-order valence-electron chi connectivity index (χ2n) is 4.90. The molecule has 0 amide bonds. The summed E-state index contributed by atoms with van der Waals surface area (Å²) in [6.45, 7) is 0.483. The fourth-order valence-corrected chi connectivity index (χ4v) is 2.48. The standard InChI is InChI=1S/C19H14BrFO/c20-17-11-10-15(12-18(17)21)16-8-4-5-9-19(16)22-13-14-6-2-1-3-7-14/h1-12H,13H2. The highest BCUT2D eigenvalue weighted by Gasteiger charge is 2.08. The zero-order valence-corrected chi connectivity index (χ0v) is 13.4. The molecule has 22 heavy (non-hydrogen) atoms. The zero-order chi connectivity index (χ0) is 15.4. The first kappa shape index (κ1) is 14.8. The van der Waals surface area contributed by atoms with Crippen molar-refractivity contribution in [3.05, 3.63) is 88.6 Å². The second kappa shape index (κ2) is 6.75. The molecular weight excluding hydrogens is 343 g/mol. The maximum absolute atomic E-state index is 13.8. The summed E-state index contributed by atoms with van der Waals surface area (Å²) in [5.74, 6) is 0.462. The lowest BCUT2D eigenvalue weighted by Gasteiger charge is -2.12. The van der Waals surface area contributed by atoms with Crippen LogP contribution in [0.15, 0.2) is 77.3 Å². The Balaban J connectivity index is 1.88. The zero-order valence-electron chi connectivity index (χ0n) is 11.8. The van der Waals surface area contributed by atoms with E-state index < -0.39 is 0 Å². The third kappa shape index (κ3) is 3.37. The van der Waals surface area contributed by atoms with Crippen LogP contribution in [0, 0.1) is 5.82 Å². The average molecular weight is 357 g/mol. The molecule has 0 saturated carbocycles. The van der Waals surface area contributed by atoms with Gasteiger partial charge in [0.1, 0.15) is 18.2 Å². The van der Waals surface area contributed by atoms with Crippen molar-refractivity contribution in [1.82, 2.24) is 0 Å². The van der Waals surface area contributed by atoms with Gasteiger partial charge in [-0.25, -0.2) is 4.39 Å². The predicted octanol–water partition coefficient (Wildman–Crippen LogP) is 5.83. The number of hydrogen-bond acceptors (Lipinski definition) is 1. The second-order valence-corrected chi connectivity index (χ2v) is 5.75. The average Bonchev–Trinajstić information content (AvgIpc) is 2.57. The number of para-hydroxylation sites is 1. The fraction of sp³-hybridized carbons (Fsp3) is 0.0526. The van der Waals surface area contributed by atoms with E-state index in [1.54, 1.807) is 6.07 Å². The molecule has 0 saturated heterocycles. The Kier molecular flexibility index (Phi) is 4.54. The Hall–Kier alpha value is -2.13. The molecule has 0 heterocycles. The van der Waals surface area contributed by atoms with Gasteiger partial charge in [-0.2, -0.15) is 0 Å². The molecule has 0 spiro atoms. The maximum Gasteiger partial charge on any atom is 0.137 e. The summed E-state index contributed by atoms with van der Waals surface area (Å²) in [5, 5.41) is 0. The molecule has 0 aromatic heterocycles. The van der Waals surface area contributed by atoms with E-state index in [-0.39, 0.29) is 5.82 Å². The van der Waals surface area contributed by atoms with E-state index in [1.807, 2.05) is 60.7 Å². The molecule has 3 aromatic rings. The highest BCUT2D eigenvalue weighted by molar-refractivity contribution is 9.10. The number of rotatable bonds is 4. The molecule has 3 rings (SSSR count). The lowest BCUT2D eigenvalue weighted by Crippen LogP contribution is -1.96. The first-order valence-corrected chi connectivity index (χ1v) is 7.74. The van der Waals surface area contributed by atoms with Crippen LogP contribution in [0.3, 0.4) is 0 Å². The SMILES string of the molecule is Fc1cc(-c2ccccc2OCc2ccccc2)ccc1Br.